The minimum absolute atomic E-state index is 1.22. The Hall–Kier alpha value is -1.56. The summed E-state index contributed by atoms with van der Waals surface area (Å²) in [6.45, 7) is 0. The third kappa shape index (κ3) is 6.44. The highest BCUT2D eigenvalue weighted by atomic mass is 16.4. The van der Waals surface area contributed by atoms with Crippen LogP contribution in [0.1, 0.15) is 0 Å². The van der Waals surface area contributed by atoms with Crippen LogP contribution in [-0.4, -0.2) is 21.4 Å². The molecule has 6 heteroatoms. The first kappa shape index (κ1) is 8.44. The Kier molecular flexibility index (Phi) is 4.70. The maximum Gasteiger partial charge on any atom is 0.418 e. The summed E-state index contributed by atoms with van der Waals surface area (Å²) in [5, 5.41) is 13.7. The Balaban J connectivity index is 0.000000162. The molecule has 0 saturated carbocycles. The fourth-order valence-electron chi connectivity index (χ4n) is 0.215. The molecule has 0 unspecified atom stereocenters. The Morgan fingerprint density at radius 3 is 2.50 bits per heavy atom. The molecule has 1 aromatic rings. The van der Waals surface area contributed by atoms with E-state index in [1.165, 1.54) is 5.43 Å². The van der Waals surface area contributed by atoms with Gasteiger partial charge in [-0.25, -0.2) is 10.6 Å². The normalized spacial score (nSPS) is 7.30. The third-order valence-corrected chi connectivity index (χ3v) is 0.529. The number of nitrogens with two attached hydrogens (primary N) is 1. The minimum Gasteiger partial charge on any atom is -0.464 e. The van der Waals surface area contributed by atoms with E-state index in [1.54, 1.807) is 12.4 Å². The lowest BCUT2D eigenvalue weighted by Crippen LogP contribution is -2.27. The summed E-state index contributed by atoms with van der Waals surface area (Å²) in [7, 11) is 0. The lowest BCUT2D eigenvalue weighted by atomic mass is 10.8. The van der Waals surface area contributed by atoms with Crippen molar-refractivity contribution in [1.29, 1.82) is 0 Å². The highest BCUT2D eigenvalue weighted by molar-refractivity contribution is 5.63. The molecule has 0 aliphatic carbocycles. The topological polar surface area (TPSA) is 104 Å². The van der Waals surface area contributed by atoms with Crippen LogP contribution in [0.25, 0.3) is 0 Å². The van der Waals surface area contributed by atoms with Crippen LogP contribution < -0.4 is 11.3 Å². The number of aromatic nitrogens is 2. The average molecular weight is 144 g/mol. The van der Waals surface area contributed by atoms with Crippen LogP contribution in [0.4, 0.5) is 4.79 Å². The van der Waals surface area contributed by atoms with E-state index in [1.807, 2.05) is 6.07 Å². The lowest BCUT2D eigenvalue weighted by Gasteiger charge is -1.79. The Labute approximate surface area is 57.0 Å². The second-order valence-electron chi connectivity index (χ2n) is 1.22. The van der Waals surface area contributed by atoms with Gasteiger partial charge in [0.2, 0.25) is 0 Å². The van der Waals surface area contributed by atoms with E-state index in [2.05, 4.69) is 16.0 Å². The molecule has 1 aromatic heterocycles. The van der Waals surface area contributed by atoms with Gasteiger partial charge in [-0.1, -0.05) is 0 Å². The summed E-state index contributed by atoms with van der Waals surface area (Å²) in [5.74, 6) is 4.32. The largest absolute Gasteiger partial charge is 0.464 e. The number of nitrogens with one attached hydrogen (secondary N) is 2. The van der Waals surface area contributed by atoms with Gasteiger partial charge in [0.25, 0.3) is 0 Å². The number of carboxylic acid groups (broad SMARTS) is 1. The molecule has 6 nitrogen and oxygen atoms in total. The minimum atomic E-state index is -1.22. The molecule has 1 amide bonds. The van der Waals surface area contributed by atoms with Crippen molar-refractivity contribution in [2.24, 2.45) is 5.84 Å². The standard InChI is InChI=1S/C3H4N2.CH4N2O2/c1-2-4-5-3-1;2-3-1(4)5/h1-3H,(H,4,5);3H,2H2,(H,4,5). The van der Waals surface area contributed by atoms with Crippen LogP contribution in [0.5, 0.6) is 0 Å². The SMILES string of the molecule is NNC(=O)O.c1cn[nH]c1. The van der Waals surface area contributed by atoms with Gasteiger partial charge in [-0.05, 0) is 6.07 Å². The summed E-state index contributed by atoms with van der Waals surface area (Å²) < 4.78 is 0. The highest BCUT2D eigenvalue weighted by Crippen LogP contribution is 1.64. The summed E-state index contributed by atoms with van der Waals surface area (Å²) >= 11 is 0. The molecule has 10 heavy (non-hydrogen) atoms. The molecule has 1 rings (SSSR count). The predicted octanol–water partition coefficient (Wildman–Crippen LogP) is -0.463. The van der Waals surface area contributed by atoms with Crippen LogP contribution in [0, 0.1) is 0 Å². The van der Waals surface area contributed by atoms with Gasteiger partial charge in [0.15, 0.2) is 0 Å². The van der Waals surface area contributed by atoms with Gasteiger partial charge in [0, 0.05) is 12.4 Å². The summed E-state index contributed by atoms with van der Waals surface area (Å²) in [4.78, 5) is 9.13. The third-order valence-electron chi connectivity index (χ3n) is 0.529. The van der Waals surface area contributed by atoms with Gasteiger partial charge in [-0.3, -0.25) is 10.5 Å². The zero-order chi connectivity index (χ0) is 7.82. The van der Waals surface area contributed by atoms with Gasteiger partial charge >= 0.3 is 6.09 Å². The van der Waals surface area contributed by atoms with Crippen LogP contribution in [0.15, 0.2) is 18.5 Å². The van der Waals surface area contributed by atoms with Crippen molar-refractivity contribution < 1.29 is 9.90 Å². The van der Waals surface area contributed by atoms with Gasteiger partial charge in [0.05, 0.1) is 0 Å². The van der Waals surface area contributed by atoms with Crippen molar-refractivity contribution in [2.75, 3.05) is 0 Å². The quantitative estimate of drug-likeness (QED) is 0.224. The molecule has 0 atom stereocenters. The molecule has 0 fully saturated rings. The second-order valence-corrected chi connectivity index (χ2v) is 1.22. The maximum absolute atomic E-state index is 9.13. The van der Waals surface area contributed by atoms with Crippen molar-refractivity contribution in [1.82, 2.24) is 15.6 Å². The van der Waals surface area contributed by atoms with Crippen molar-refractivity contribution in [3.05, 3.63) is 18.5 Å². The zero-order valence-corrected chi connectivity index (χ0v) is 5.11. The molecule has 0 aliphatic heterocycles. The Morgan fingerprint density at radius 2 is 2.40 bits per heavy atom. The van der Waals surface area contributed by atoms with Crippen molar-refractivity contribution in [2.45, 2.75) is 0 Å². The van der Waals surface area contributed by atoms with Gasteiger partial charge < -0.3 is 5.11 Å². The maximum atomic E-state index is 9.13. The first-order chi connectivity index (χ1) is 4.77. The van der Waals surface area contributed by atoms with E-state index < -0.39 is 6.09 Å². The highest BCUT2D eigenvalue weighted by Gasteiger charge is 1.77. The second kappa shape index (κ2) is 5.57. The molecule has 0 radical (unpaired) electrons. The molecule has 0 spiro atoms. The molecule has 0 saturated heterocycles. The van der Waals surface area contributed by atoms with Crippen LogP contribution >= 0.6 is 0 Å². The van der Waals surface area contributed by atoms with Crippen LogP contribution in [0.2, 0.25) is 0 Å². The van der Waals surface area contributed by atoms with Crippen LogP contribution in [-0.2, 0) is 0 Å². The van der Waals surface area contributed by atoms with Crippen molar-refractivity contribution in [3.63, 3.8) is 0 Å². The number of hydrogen-bond acceptors (Lipinski definition) is 3. The van der Waals surface area contributed by atoms with E-state index in [-0.39, 0.29) is 0 Å². The number of aromatic amines is 1. The van der Waals surface area contributed by atoms with Gasteiger partial charge in [-0.15, -0.1) is 0 Å². The van der Waals surface area contributed by atoms with E-state index in [0.717, 1.165) is 0 Å². The smallest absolute Gasteiger partial charge is 0.418 e. The molecule has 1 heterocycles. The lowest BCUT2D eigenvalue weighted by molar-refractivity contribution is 0.194. The number of rotatable bonds is 0. The number of amides is 1. The fourth-order valence-corrected chi connectivity index (χ4v) is 0.215. The fraction of sp³-hybridized carbons (Fsp3) is 0. The number of nitrogens with zero attached hydrogens (tertiary/aromatic N) is 1. The molecule has 5 N–H and O–H groups in total. The number of H-pyrrole nitrogens is 1. The molecule has 0 aromatic carbocycles. The first-order valence-corrected chi connectivity index (χ1v) is 2.40. The zero-order valence-electron chi connectivity index (χ0n) is 5.11. The number of carbonyl (C=O) groups is 1. The summed E-state index contributed by atoms with van der Waals surface area (Å²) in [5.41, 5.74) is 1.44. The monoisotopic (exact) mass is 144 g/mol. The van der Waals surface area contributed by atoms with Crippen molar-refractivity contribution in [3.8, 4) is 0 Å². The van der Waals surface area contributed by atoms with Crippen molar-refractivity contribution >= 4 is 6.09 Å². The van der Waals surface area contributed by atoms with Crippen LogP contribution in [0.3, 0.4) is 0 Å². The number of hydrazine groups is 1. The van der Waals surface area contributed by atoms with E-state index in [9.17, 15) is 0 Å². The van der Waals surface area contributed by atoms with E-state index in [0.29, 0.717) is 0 Å². The van der Waals surface area contributed by atoms with E-state index in [4.69, 9.17) is 9.90 Å². The first-order valence-electron chi connectivity index (χ1n) is 2.40. The molecule has 56 valence electrons. The predicted molar refractivity (Wildman–Crippen MR) is 33.9 cm³/mol. The Bertz CT molecular complexity index is 145. The summed E-state index contributed by atoms with van der Waals surface area (Å²) in [6.07, 6.45) is 2.24. The molecular weight excluding hydrogens is 136 g/mol. The Morgan fingerprint density at radius 1 is 1.80 bits per heavy atom. The summed E-state index contributed by atoms with van der Waals surface area (Å²) in [6, 6.07) is 1.83. The molecule has 0 aliphatic rings. The van der Waals surface area contributed by atoms with Gasteiger partial charge in [-0.2, -0.15) is 5.10 Å². The van der Waals surface area contributed by atoms with Gasteiger partial charge in [0.1, 0.15) is 0 Å². The molecular formula is C4H8N4O2. The molecule has 0 bridgehead atoms. The number of hydrogen-bond donors (Lipinski definition) is 4. The van der Waals surface area contributed by atoms with E-state index >= 15 is 0 Å². The average Bonchev–Trinajstić information content (AvgIpc) is 2.43.